The highest BCUT2D eigenvalue weighted by Gasteiger charge is 2.08. The van der Waals surface area contributed by atoms with Gasteiger partial charge in [-0.3, -0.25) is 0 Å². The van der Waals surface area contributed by atoms with E-state index in [4.69, 9.17) is 11.5 Å². The van der Waals surface area contributed by atoms with Crippen LogP contribution in [0.3, 0.4) is 0 Å². The van der Waals surface area contributed by atoms with Crippen LogP contribution in [0.2, 0.25) is 0 Å². The molecule has 0 aromatic heterocycles. The van der Waals surface area contributed by atoms with Crippen molar-refractivity contribution in [1.29, 1.82) is 0 Å². The molecule has 0 amide bonds. The first-order valence-corrected chi connectivity index (χ1v) is 8.67. The molecule has 0 saturated carbocycles. The second kappa shape index (κ2) is 10.1. The molecule has 0 saturated heterocycles. The molecule has 26 heavy (non-hydrogen) atoms. The SMILES string of the molecule is CC(CN=NC[C@@H](C)C(N)=Nc1ccccc1)C(N)=Nc1ccccc1. The van der Waals surface area contributed by atoms with Crippen molar-refractivity contribution in [1.82, 2.24) is 0 Å². The fraction of sp³-hybridized carbons (Fsp3) is 0.300. The third kappa shape index (κ3) is 6.47. The van der Waals surface area contributed by atoms with Gasteiger partial charge >= 0.3 is 0 Å². The van der Waals surface area contributed by atoms with Crippen LogP contribution in [0, 0.1) is 11.8 Å². The van der Waals surface area contributed by atoms with Gasteiger partial charge in [0.25, 0.3) is 0 Å². The zero-order chi connectivity index (χ0) is 18.8. The van der Waals surface area contributed by atoms with Gasteiger partial charge in [0.15, 0.2) is 0 Å². The van der Waals surface area contributed by atoms with Gasteiger partial charge in [-0.1, -0.05) is 50.2 Å². The minimum Gasteiger partial charge on any atom is -0.387 e. The van der Waals surface area contributed by atoms with Crippen LogP contribution in [0.15, 0.2) is 80.9 Å². The Morgan fingerprint density at radius 2 is 1.04 bits per heavy atom. The lowest BCUT2D eigenvalue weighted by molar-refractivity contribution is 0.683. The Morgan fingerprint density at radius 3 is 1.38 bits per heavy atom. The number of nitrogens with two attached hydrogens (primary N) is 2. The second-order valence-corrected chi connectivity index (χ2v) is 6.19. The van der Waals surface area contributed by atoms with Gasteiger partial charge in [0.05, 0.1) is 24.5 Å². The number of amidine groups is 2. The van der Waals surface area contributed by atoms with E-state index >= 15 is 0 Å². The summed E-state index contributed by atoms with van der Waals surface area (Å²) in [6.45, 7) is 4.94. The Balaban J connectivity index is 1.82. The summed E-state index contributed by atoms with van der Waals surface area (Å²) in [6.07, 6.45) is 0. The van der Waals surface area contributed by atoms with Crippen LogP contribution in [0.25, 0.3) is 0 Å². The van der Waals surface area contributed by atoms with Crippen LogP contribution >= 0.6 is 0 Å². The Labute approximate surface area is 154 Å². The topological polar surface area (TPSA) is 101 Å². The van der Waals surface area contributed by atoms with Crippen molar-refractivity contribution in [2.75, 3.05) is 13.1 Å². The summed E-state index contributed by atoms with van der Waals surface area (Å²) in [5, 5.41) is 8.43. The molecule has 0 aliphatic carbocycles. The van der Waals surface area contributed by atoms with Gasteiger partial charge in [0.1, 0.15) is 11.7 Å². The first kappa shape index (κ1) is 19.3. The van der Waals surface area contributed by atoms with Gasteiger partial charge < -0.3 is 11.5 Å². The largest absolute Gasteiger partial charge is 0.387 e. The van der Waals surface area contributed by atoms with E-state index in [2.05, 4.69) is 20.2 Å². The zero-order valence-electron chi connectivity index (χ0n) is 15.3. The van der Waals surface area contributed by atoms with Gasteiger partial charge in [0.2, 0.25) is 0 Å². The molecule has 2 atom stereocenters. The van der Waals surface area contributed by atoms with Crippen molar-refractivity contribution in [2.45, 2.75) is 13.8 Å². The molecule has 2 aromatic rings. The number of hydrogen-bond donors (Lipinski definition) is 2. The van der Waals surface area contributed by atoms with E-state index in [1.165, 1.54) is 0 Å². The number of nitrogens with zero attached hydrogens (tertiary/aromatic N) is 4. The van der Waals surface area contributed by atoms with Crippen LogP contribution in [-0.2, 0) is 0 Å². The number of hydrogen-bond acceptors (Lipinski definition) is 4. The van der Waals surface area contributed by atoms with Crippen molar-refractivity contribution in [3.63, 3.8) is 0 Å². The molecule has 0 spiro atoms. The number of azo groups is 1. The minimum absolute atomic E-state index is 0.0181. The lowest BCUT2D eigenvalue weighted by atomic mass is 10.1. The molecule has 0 aliphatic heterocycles. The molecule has 2 rings (SSSR count). The quantitative estimate of drug-likeness (QED) is 0.425. The standard InChI is InChI=1S/C20H26N6/c1-15(19(21)25-17-9-5-3-6-10-17)13-23-24-14-16(2)20(22)26-18-11-7-4-8-12-18/h3-12,15-16H,13-14H2,1-2H3,(H2,21,25)(H2,22,26)/t15-,16?/m1/s1. The molecule has 0 aliphatic rings. The van der Waals surface area contributed by atoms with E-state index in [0.717, 1.165) is 11.4 Å². The summed E-state index contributed by atoms with van der Waals surface area (Å²) in [7, 11) is 0. The predicted molar refractivity (Wildman–Crippen MR) is 108 cm³/mol. The Kier molecular flexibility index (Phi) is 7.49. The molecule has 136 valence electrons. The molecule has 0 fully saturated rings. The van der Waals surface area contributed by atoms with E-state index in [0.29, 0.717) is 24.8 Å². The van der Waals surface area contributed by atoms with Crippen LogP contribution in [0.5, 0.6) is 0 Å². The fourth-order valence-electron chi connectivity index (χ4n) is 2.07. The van der Waals surface area contributed by atoms with Crippen molar-refractivity contribution in [2.24, 2.45) is 43.5 Å². The maximum Gasteiger partial charge on any atom is 0.104 e. The van der Waals surface area contributed by atoms with Crippen molar-refractivity contribution >= 4 is 23.0 Å². The first-order valence-electron chi connectivity index (χ1n) is 8.67. The summed E-state index contributed by atoms with van der Waals surface area (Å²) < 4.78 is 0. The average molecular weight is 350 g/mol. The summed E-state index contributed by atoms with van der Waals surface area (Å²) in [5.74, 6) is 1.14. The van der Waals surface area contributed by atoms with E-state index in [9.17, 15) is 0 Å². The number of benzene rings is 2. The Hall–Kier alpha value is -3.02. The maximum atomic E-state index is 6.03. The third-order valence-corrected chi connectivity index (χ3v) is 3.85. The lowest BCUT2D eigenvalue weighted by Gasteiger charge is -2.09. The molecule has 1 unspecified atom stereocenters. The summed E-state index contributed by atoms with van der Waals surface area (Å²) in [4.78, 5) is 8.80. The van der Waals surface area contributed by atoms with Crippen molar-refractivity contribution in [3.8, 4) is 0 Å². The van der Waals surface area contributed by atoms with Crippen LogP contribution in [0.1, 0.15) is 13.8 Å². The van der Waals surface area contributed by atoms with Crippen molar-refractivity contribution < 1.29 is 0 Å². The number of para-hydroxylation sites is 2. The fourth-order valence-corrected chi connectivity index (χ4v) is 2.07. The van der Waals surface area contributed by atoms with Gasteiger partial charge in [-0.2, -0.15) is 10.2 Å². The number of aliphatic imine (C=N–C) groups is 2. The van der Waals surface area contributed by atoms with E-state index in [-0.39, 0.29) is 11.8 Å². The van der Waals surface area contributed by atoms with Gasteiger partial charge in [0, 0.05) is 11.8 Å². The molecular weight excluding hydrogens is 324 g/mol. The van der Waals surface area contributed by atoms with Crippen molar-refractivity contribution in [3.05, 3.63) is 60.7 Å². The molecule has 0 heterocycles. The normalized spacial score (nSPS) is 15.2. The van der Waals surface area contributed by atoms with Gasteiger partial charge in [-0.15, -0.1) is 0 Å². The zero-order valence-corrected chi connectivity index (χ0v) is 15.3. The average Bonchev–Trinajstić information content (AvgIpc) is 2.66. The molecule has 0 bridgehead atoms. The summed E-state index contributed by atoms with van der Waals surface area (Å²) in [6, 6.07) is 19.3. The monoisotopic (exact) mass is 350 g/mol. The highest BCUT2D eigenvalue weighted by atomic mass is 15.1. The summed E-state index contributed by atoms with van der Waals surface area (Å²) in [5.41, 5.74) is 13.7. The van der Waals surface area contributed by atoms with Gasteiger partial charge in [-0.05, 0) is 24.3 Å². The predicted octanol–water partition coefficient (Wildman–Crippen LogP) is 4.09. The van der Waals surface area contributed by atoms with E-state index in [1.807, 2.05) is 74.5 Å². The van der Waals surface area contributed by atoms with E-state index < -0.39 is 0 Å². The smallest absolute Gasteiger partial charge is 0.104 e. The number of rotatable bonds is 8. The molecule has 6 nitrogen and oxygen atoms in total. The summed E-state index contributed by atoms with van der Waals surface area (Å²) >= 11 is 0. The first-order chi connectivity index (χ1) is 12.6. The highest BCUT2D eigenvalue weighted by Crippen LogP contribution is 2.13. The molecule has 0 radical (unpaired) electrons. The lowest BCUT2D eigenvalue weighted by Crippen LogP contribution is -2.24. The van der Waals surface area contributed by atoms with Gasteiger partial charge in [-0.25, -0.2) is 9.98 Å². The second-order valence-electron chi connectivity index (χ2n) is 6.19. The maximum absolute atomic E-state index is 6.03. The Morgan fingerprint density at radius 1 is 0.692 bits per heavy atom. The highest BCUT2D eigenvalue weighted by molar-refractivity contribution is 5.85. The third-order valence-electron chi connectivity index (χ3n) is 3.85. The van der Waals surface area contributed by atoms with Crippen LogP contribution < -0.4 is 11.5 Å². The molecule has 6 heteroatoms. The van der Waals surface area contributed by atoms with Crippen LogP contribution in [-0.4, -0.2) is 24.8 Å². The Bertz CT molecular complexity index is 687. The molecule has 4 N–H and O–H groups in total. The molecule has 2 aromatic carbocycles. The van der Waals surface area contributed by atoms with E-state index in [1.54, 1.807) is 0 Å². The molecular formula is C20H26N6. The van der Waals surface area contributed by atoms with Crippen LogP contribution in [0.4, 0.5) is 11.4 Å². The minimum atomic E-state index is 0.0181.